The van der Waals surface area contributed by atoms with Gasteiger partial charge in [0.2, 0.25) is 11.6 Å². The number of hydrogen-bond donors (Lipinski definition) is 3. The number of nitrogens with one attached hydrogen (secondary N) is 2. The molecule has 178 valence electrons. The molecular weight excluding hydrogens is 423 g/mol. The minimum atomic E-state index is -1.06. The number of allylic oxidation sites excluding steroid dienone is 4. The highest BCUT2D eigenvalue weighted by Gasteiger charge is 2.19. The molecule has 2 aliphatic rings. The number of alkyl halides is 1. The highest BCUT2D eigenvalue weighted by molar-refractivity contribution is 6.07. The maximum atomic E-state index is 13.9. The first-order valence-corrected chi connectivity index (χ1v) is 11.3. The van der Waals surface area contributed by atoms with Gasteiger partial charge < -0.3 is 20.5 Å². The topological polar surface area (TPSA) is 90.8 Å². The summed E-state index contributed by atoms with van der Waals surface area (Å²) in [7, 11) is 1.80. The molecule has 0 radical (unpaired) electrons. The third-order valence-electron chi connectivity index (χ3n) is 5.71. The van der Waals surface area contributed by atoms with Crippen LogP contribution >= 0.6 is 0 Å². The van der Waals surface area contributed by atoms with Gasteiger partial charge in [0.25, 0.3) is 0 Å². The Balaban J connectivity index is 1.68. The summed E-state index contributed by atoms with van der Waals surface area (Å²) in [4.78, 5) is 18.0. The monoisotopic (exact) mass is 457 g/mol. The molecule has 1 aliphatic carbocycles. The summed E-state index contributed by atoms with van der Waals surface area (Å²) in [6.45, 7) is 6.45. The van der Waals surface area contributed by atoms with E-state index >= 15 is 0 Å². The van der Waals surface area contributed by atoms with Crippen LogP contribution in [0.2, 0.25) is 0 Å². The van der Waals surface area contributed by atoms with Crippen LogP contribution in [0.15, 0.2) is 54.3 Å². The molecule has 1 aliphatic heterocycles. The molecule has 0 aromatic heterocycles. The summed E-state index contributed by atoms with van der Waals surface area (Å²) >= 11 is 0. The van der Waals surface area contributed by atoms with Gasteiger partial charge in [0.1, 0.15) is 25.6 Å². The van der Waals surface area contributed by atoms with Crippen LogP contribution in [0.3, 0.4) is 0 Å². The lowest BCUT2D eigenvalue weighted by atomic mass is 9.95. The fourth-order valence-corrected chi connectivity index (χ4v) is 3.76. The number of carbonyl (C=O) groups excluding carboxylic acids is 1. The van der Waals surface area contributed by atoms with Gasteiger partial charge in [-0.3, -0.25) is 9.69 Å². The van der Waals surface area contributed by atoms with Gasteiger partial charge in [0.05, 0.1) is 25.2 Å². The molecule has 0 bridgehead atoms. The van der Waals surface area contributed by atoms with Crippen LogP contribution in [0, 0.1) is 5.92 Å². The maximum absolute atomic E-state index is 13.9. The highest BCUT2D eigenvalue weighted by atomic mass is 19.1. The van der Waals surface area contributed by atoms with E-state index in [-0.39, 0.29) is 18.2 Å². The van der Waals surface area contributed by atoms with Gasteiger partial charge in [-0.05, 0) is 29.8 Å². The normalized spacial score (nSPS) is 21.8. The van der Waals surface area contributed by atoms with E-state index in [9.17, 15) is 9.18 Å². The van der Waals surface area contributed by atoms with E-state index in [1.165, 1.54) is 12.3 Å². The summed E-state index contributed by atoms with van der Waals surface area (Å²) in [5, 5.41) is 2.90. The predicted molar refractivity (Wildman–Crippen MR) is 128 cm³/mol. The van der Waals surface area contributed by atoms with Crippen LogP contribution in [0.25, 0.3) is 0 Å². The van der Waals surface area contributed by atoms with E-state index in [0.717, 1.165) is 44.1 Å². The van der Waals surface area contributed by atoms with Gasteiger partial charge in [-0.25, -0.2) is 9.38 Å². The smallest absolute Gasteiger partial charge is 0.228 e. The van der Waals surface area contributed by atoms with Crippen molar-refractivity contribution in [3.8, 4) is 5.75 Å². The number of carbonyl (C=O) groups is 1. The van der Waals surface area contributed by atoms with E-state index in [4.69, 9.17) is 15.2 Å². The molecule has 8 heteroatoms. The summed E-state index contributed by atoms with van der Waals surface area (Å²) in [5.41, 5.74) is 8.47. The Kier molecular flexibility index (Phi) is 9.21. The molecule has 1 amide bonds. The summed E-state index contributed by atoms with van der Waals surface area (Å²) in [6, 6.07) is 5.49. The van der Waals surface area contributed by atoms with Crippen molar-refractivity contribution in [2.24, 2.45) is 11.7 Å². The molecule has 2 atom stereocenters. The Morgan fingerprint density at radius 1 is 1.39 bits per heavy atom. The second-order valence-electron chi connectivity index (χ2n) is 8.17. The van der Waals surface area contributed by atoms with Gasteiger partial charge >= 0.3 is 0 Å². The zero-order valence-electron chi connectivity index (χ0n) is 19.4. The number of halogens is 1. The molecule has 1 fully saturated rings. The van der Waals surface area contributed by atoms with Gasteiger partial charge in [0, 0.05) is 43.5 Å². The third-order valence-corrected chi connectivity index (χ3v) is 5.71. The van der Waals surface area contributed by atoms with E-state index in [1.54, 1.807) is 25.3 Å². The number of nitrogens with zero attached hydrogens (tertiary/aromatic N) is 1. The first-order chi connectivity index (χ1) is 16.0. The van der Waals surface area contributed by atoms with Crippen LogP contribution in [-0.2, 0) is 9.53 Å². The van der Waals surface area contributed by atoms with E-state index in [1.807, 2.05) is 25.1 Å². The standard InChI is InChI=1S/C25H33FN4O3/c1-18-3-4-19(15-22(18)26)16-25(31)29-20-5-6-24(21(17-20)23(28-2)7-8-27)33-14-11-30-9-12-32-13-10-30/h3-8,15,17-18,22H,9-14,16,27H2,1-2H3,(H,29,31)/p+1. The van der Waals surface area contributed by atoms with Crippen LogP contribution in [0.4, 0.5) is 10.1 Å². The van der Waals surface area contributed by atoms with E-state index in [2.05, 4.69) is 15.2 Å². The van der Waals surface area contributed by atoms with Crippen molar-refractivity contribution in [2.75, 3.05) is 51.8 Å². The lowest BCUT2D eigenvalue weighted by molar-refractivity contribution is -0.418. The van der Waals surface area contributed by atoms with E-state index < -0.39 is 6.17 Å². The number of nitrogens with two attached hydrogens (primary N) is 1. The molecule has 1 aromatic rings. The lowest BCUT2D eigenvalue weighted by Crippen LogP contribution is -2.67. The maximum Gasteiger partial charge on any atom is 0.228 e. The first-order valence-electron chi connectivity index (χ1n) is 11.3. The SMILES string of the molecule is C[NH+]=C(C=CN)c1cc(NC(=O)CC2=CC(F)C(C)C=C2)ccc1OCCN1CCOCC1. The number of rotatable bonds is 9. The average Bonchev–Trinajstić information content (AvgIpc) is 2.81. The fourth-order valence-electron chi connectivity index (χ4n) is 3.76. The third kappa shape index (κ3) is 7.27. The van der Waals surface area contributed by atoms with Crippen molar-refractivity contribution in [3.63, 3.8) is 0 Å². The zero-order chi connectivity index (χ0) is 23.6. The number of amides is 1. The van der Waals surface area contributed by atoms with Crippen molar-refractivity contribution >= 4 is 17.3 Å². The van der Waals surface area contributed by atoms with Crippen LogP contribution in [-0.4, -0.2) is 69.2 Å². The lowest BCUT2D eigenvalue weighted by Gasteiger charge is -2.26. The molecule has 1 aromatic carbocycles. The summed E-state index contributed by atoms with van der Waals surface area (Å²) in [6.07, 6.45) is 7.37. The Bertz CT molecular complexity index is 936. The number of hydrogen-bond acceptors (Lipinski definition) is 5. The largest absolute Gasteiger partial charge is 0.491 e. The molecule has 2 unspecified atom stereocenters. The minimum Gasteiger partial charge on any atom is -0.491 e. The highest BCUT2D eigenvalue weighted by Crippen LogP contribution is 2.25. The Labute approximate surface area is 194 Å². The van der Waals surface area contributed by atoms with Gasteiger partial charge in [-0.1, -0.05) is 19.1 Å². The van der Waals surface area contributed by atoms with Crippen molar-refractivity contribution in [1.29, 1.82) is 0 Å². The van der Waals surface area contributed by atoms with Gasteiger partial charge in [0.15, 0.2) is 0 Å². The number of morpholine rings is 1. The molecule has 4 N–H and O–H groups in total. The molecule has 1 saturated heterocycles. The molecule has 33 heavy (non-hydrogen) atoms. The Morgan fingerprint density at radius 2 is 2.18 bits per heavy atom. The second kappa shape index (κ2) is 12.3. The molecule has 0 spiro atoms. The number of benzene rings is 1. The Hall–Kier alpha value is -2.97. The van der Waals surface area contributed by atoms with Crippen molar-refractivity contribution in [1.82, 2.24) is 4.90 Å². The van der Waals surface area contributed by atoms with Crippen LogP contribution < -0.4 is 20.8 Å². The molecule has 1 heterocycles. The minimum absolute atomic E-state index is 0.113. The molecular formula is C25H34FN4O3+. The quantitative estimate of drug-likeness (QED) is 0.485. The molecule has 0 saturated carbocycles. The number of ether oxygens (including phenoxy) is 2. The number of anilines is 1. The van der Waals surface area contributed by atoms with Crippen LogP contribution in [0.1, 0.15) is 18.9 Å². The Morgan fingerprint density at radius 3 is 2.88 bits per heavy atom. The van der Waals surface area contributed by atoms with Crippen LogP contribution in [0.5, 0.6) is 5.75 Å². The van der Waals surface area contributed by atoms with Gasteiger partial charge in [-0.15, -0.1) is 0 Å². The molecule has 7 nitrogen and oxygen atoms in total. The predicted octanol–water partition coefficient (Wildman–Crippen LogP) is 1.17. The van der Waals surface area contributed by atoms with E-state index in [0.29, 0.717) is 23.6 Å². The van der Waals surface area contributed by atoms with Crippen molar-refractivity contribution < 1.29 is 23.7 Å². The summed E-state index contributed by atoms with van der Waals surface area (Å²) in [5.74, 6) is 0.317. The fraction of sp³-hybridized carbons (Fsp3) is 0.440. The molecule has 3 rings (SSSR count). The zero-order valence-corrected chi connectivity index (χ0v) is 19.4. The summed E-state index contributed by atoms with van der Waals surface area (Å²) < 4.78 is 25.4. The second-order valence-corrected chi connectivity index (χ2v) is 8.17. The van der Waals surface area contributed by atoms with Crippen molar-refractivity contribution in [3.05, 3.63) is 59.8 Å². The van der Waals surface area contributed by atoms with Gasteiger partial charge in [-0.2, -0.15) is 0 Å². The average molecular weight is 458 g/mol. The first kappa shape index (κ1) is 24.7. The van der Waals surface area contributed by atoms with Crippen molar-refractivity contribution in [2.45, 2.75) is 19.5 Å².